The van der Waals surface area contributed by atoms with Crippen LogP contribution in [0.25, 0.3) is 87.3 Å². The van der Waals surface area contributed by atoms with Gasteiger partial charge in [-0.3, -0.25) is 0 Å². The van der Waals surface area contributed by atoms with Crippen LogP contribution in [0.15, 0.2) is 247 Å². The normalized spacial score (nSPS) is 12.8. The van der Waals surface area contributed by atoms with Crippen LogP contribution in [0.3, 0.4) is 0 Å². The van der Waals surface area contributed by atoms with Crippen LogP contribution in [0.1, 0.15) is 25.0 Å². The molecule has 1 aliphatic rings. The van der Waals surface area contributed by atoms with Crippen molar-refractivity contribution < 1.29 is 4.42 Å². The summed E-state index contributed by atoms with van der Waals surface area (Å²) in [7, 11) is 0. The first-order valence-corrected chi connectivity index (χ1v) is 24.2. The van der Waals surface area contributed by atoms with Crippen LogP contribution in [0.2, 0.25) is 0 Å². The van der Waals surface area contributed by atoms with Crippen LogP contribution in [-0.4, -0.2) is 0 Å². The molecule has 0 saturated carbocycles. The topological polar surface area (TPSA) is 19.6 Å². The molecule has 0 atom stereocenters. The SMILES string of the molecule is CC1(C)c2cc(N(c3ccc(-c4cccc5c4oc4ccccc45)cc3)c3ccc4c5ccccc5c5ccccc5c4c3)ccc2-c2ccc(N(c3ccccc3)c3cccc4ccccc34)cc21. The Kier molecular flexibility index (Phi) is 8.93. The van der Waals surface area contributed by atoms with Gasteiger partial charge in [0.2, 0.25) is 0 Å². The quantitative estimate of drug-likeness (QED) is 0.149. The fourth-order valence-corrected chi connectivity index (χ4v) is 11.6. The lowest BCUT2D eigenvalue weighted by Gasteiger charge is -2.30. The summed E-state index contributed by atoms with van der Waals surface area (Å²) in [5, 5.41) is 12.2. The number of fused-ring (bicyclic) bond motifs is 13. The Labute approximate surface area is 406 Å². The van der Waals surface area contributed by atoms with E-state index in [1.807, 2.05) is 6.07 Å². The van der Waals surface area contributed by atoms with Crippen LogP contribution in [-0.2, 0) is 5.41 Å². The molecule has 0 aliphatic heterocycles. The first-order valence-electron chi connectivity index (χ1n) is 24.2. The number of hydrogen-bond acceptors (Lipinski definition) is 3. The van der Waals surface area contributed by atoms with Gasteiger partial charge in [-0.15, -0.1) is 0 Å². The summed E-state index contributed by atoms with van der Waals surface area (Å²) in [6, 6.07) is 88.7. The predicted molar refractivity (Wildman–Crippen MR) is 296 cm³/mol. The lowest BCUT2D eigenvalue weighted by atomic mass is 9.82. The zero-order chi connectivity index (χ0) is 46.5. The van der Waals surface area contributed by atoms with Gasteiger partial charge in [0.25, 0.3) is 0 Å². The van der Waals surface area contributed by atoms with Gasteiger partial charge in [-0.25, -0.2) is 0 Å². The Bertz CT molecular complexity index is 4180. The standard InChI is InChI=1S/C67H46N2O/c1-67(2)62-41-48(35-38-57(62)58-39-36-49(42-63(58)67)69(45-18-4-3-5-19-45)64-28-14-17-43-16-6-7-20-50(43)64)68(47-34-37-56-54-23-9-8-21-52(54)53-22-10-11-24-55(53)61(56)40-47)46-32-30-44(31-33-46)51-26-15-27-60-59-25-12-13-29-65(59)70-66(51)60/h3-42H,1-2H3. The number of anilines is 6. The molecule has 0 unspecified atom stereocenters. The van der Waals surface area contributed by atoms with Crippen LogP contribution < -0.4 is 9.80 Å². The van der Waals surface area contributed by atoms with Crippen molar-refractivity contribution >= 4 is 99.2 Å². The molecule has 0 fully saturated rings. The summed E-state index contributed by atoms with van der Waals surface area (Å²) < 4.78 is 6.52. The number of hydrogen-bond donors (Lipinski definition) is 0. The number of furan rings is 1. The highest BCUT2D eigenvalue weighted by molar-refractivity contribution is 6.26. The highest BCUT2D eigenvalue weighted by Crippen LogP contribution is 2.53. The molecule has 12 aromatic carbocycles. The number of para-hydroxylation sites is 3. The van der Waals surface area contributed by atoms with Crippen LogP contribution >= 0.6 is 0 Å². The van der Waals surface area contributed by atoms with Crippen LogP contribution in [0, 0.1) is 0 Å². The zero-order valence-corrected chi connectivity index (χ0v) is 38.9. The molecule has 14 rings (SSSR count). The van der Waals surface area contributed by atoms with Gasteiger partial charge in [-0.1, -0.05) is 184 Å². The van der Waals surface area contributed by atoms with E-state index in [1.165, 1.54) is 65.3 Å². The molecule has 13 aromatic rings. The molecular weight excluding hydrogens is 849 g/mol. The largest absolute Gasteiger partial charge is 0.455 e. The van der Waals surface area contributed by atoms with Gasteiger partial charge in [0.15, 0.2) is 0 Å². The molecule has 3 nitrogen and oxygen atoms in total. The van der Waals surface area contributed by atoms with Gasteiger partial charge in [0.05, 0.1) is 5.69 Å². The van der Waals surface area contributed by atoms with Crippen LogP contribution in [0.5, 0.6) is 0 Å². The summed E-state index contributed by atoms with van der Waals surface area (Å²) in [5.74, 6) is 0. The summed E-state index contributed by atoms with van der Waals surface area (Å²) >= 11 is 0. The maximum atomic E-state index is 6.52. The van der Waals surface area contributed by atoms with Crippen molar-refractivity contribution in [3.05, 3.63) is 254 Å². The van der Waals surface area contributed by atoms with Crippen LogP contribution in [0.4, 0.5) is 34.1 Å². The molecule has 1 aliphatic carbocycles. The number of rotatable bonds is 7. The fraction of sp³-hybridized carbons (Fsp3) is 0.0448. The first kappa shape index (κ1) is 40.2. The Morgan fingerprint density at radius 3 is 1.50 bits per heavy atom. The van der Waals surface area contributed by atoms with E-state index in [1.54, 1.807) is 0 Å². The highest BCUT2D eigenvalue weighted by atomic mass is 16.3. The molecule has 0 saturated heterocycles. The Morgan fingerprint density at radius 2 is 0.800 bits per heavy atom. The van der Waals surface area contributed by atoms with Gasteiger partial charge >= 0.3 is 0 Å². The van der Waals surface area contributed by atoms with E-state index in [-0.39, 0.29) is 5.41 Å². The van der Waals surface area contributed by atoms with Gasteiger partial charge in [0.1, 0.15) is 11.2 Å². The Morgan fingerprint density at radius 1 is 0.314 bits per heavy atom. The summed E-state index contributed by atoms with van der Waals surface area (Å²) in [4.78, 5) is 4.86. The minimum Gasteiger partial charge on any atom is -0.455 e. The van der Waals surface area contributed by atoms with Crippen molar-refractivity contribution in [2.75, 3.05) is 9.80 Å². The van der Waals surface area contributed by atoms with E-state index in [0.717, 1.165) is 67.2 Å². The maximum Gasteiger partial charge on any atom is 0.143 e. The maximum absolute atomic E-state index is 6.52. The Balaban J connectivity index is 0.922. The number of benzene rings is 12. The van der Waals surface area contributed by atoms with E-state index in [9.17, 15) is 0 Å². The summed E-state index contributed by atoms with van der Waals surface area (Å²) in [5.41, 5.74) is 15.6. The molecule has 0 bridgehead atoms. The third-order valence-corrected chi connectivity index (χ3v) is 15.0. The van der Waals surface area contributed by atoms with Gasteiger partial charge in [-0.05, 0) is 138 Å². The van der Waals surface area contributed by atoms with Gasteiger partial charge < -0.3 is 14.2 Å². The second-order valence-electron chi connectivity index (χ2n) is 19.2. The lowest BCUT2D eigenvalue weighted by molar-refractivity contribution is 0.660. The molecule has 1 aromatic heterocycles. The smallest absolute Gasteiger partial charge is 0.143 e. The molecule has 0 spiro atoms. The summed E-state index contributed by atoms with van der Waals surface area (Å²) in [6.45, 7) is 4.78. The molecule has 3 heteroatoms. The average molecular weight is 895 g/mol. The minimum atomic E-state index is -0.295. The van der Waals surface area contributed by atoms with E-state index in [2.05, 4.69) is 260 Å². The van der Waals surface area contributed by atoms with Crippen molar-refractivity contribution in [2.24, 2.45) is 0 Å². The molecule has 0 amide bonds. The summed E-state index contributed by atoms with van der Waals surface area (Å²) in [6.07, 6.45) is 0. The average Bonchev–Trinajstić information content (AvgIpc) is 3.91. The Hall–Kier alpha value is -8.92. The van der Waals surface area contributed by atoms with Crippen molar-refractivity contribution in [3.63, 3.8) is 0 Å². The van der Waals surface area contributed by atoms with E-state index in [4.69, 9.17) is 4.42 Å². The van der Waals surface area contributed by atoms with Crippen molar-refractivity contribution in [1.82, 2.24) is 0 Å². The lowest BCUT2D eigenvalue weighted by Crippen LogP contribution is -2.17. The third kappa shape index (κ3) is 6.15. The van der Waals surface area contributed by atoms with Crippen molar-refractivity contribution in [1.29, 1.82) is 0 Å². The molecule has 0 N–H and O–H groups in total. The van der Waals surface area contributed by atoms with Crippen molar-refractivity contribution in [2.45, 2.75) is 19.3 Å². The van der Waals surface area contributed by atoms with E-state index >= 15 is 0 Å². The molecule has 70 heavy (non-hydrogen) atoms. The van der Waals surface area contributed by atoms with E-state index in [0.29, 0.717) is 0 Å². The molecule has 0 radical (unpaired) electrons. The zero-order valence-electron chi connectivity index (χ0n) is 38.9. The predicted octanol–water partition coefficient (Wildman–Crippen LogP) is 19.1. The van der Waals surface area contributed by atoms with Gasteiger partial charge in [0, 0.05) is 55.6 Å². The monoisotopic (exact) mass is 894 g/mol. The molecule has 330 valence electrons. The molecule has 1 heterocycles. The van der Waals surface area contributed by atoms with Crippen molar-refractivity contribution in [3.8, 4) is 22.3 Å². The van der Waals surface area contributed by atoms with E-state index < -0.39 is 0 Å². The second kappa shape index (κ2) is 15.6. The fourth-order valence-electron chi connectivity index (χ4n) is 11.6. The minimum absolute atomic E-state index is 0.295. The highest BCUT2D eigenvalue weighted by Gasteiger charge is 2.37. The van der Waals surface area contributed by atoms with Gasteiger partial charge in [-0.2, -0.15) is 0 Å². The first-order chi connectivity index (χ1) is 34.5. The third-order valence-electron chi connectivity index (χ3n) is 15.0. The molecular formula is C67H46N2O. The second-order valence-corrected chi connectivity index (χ2v) is 19.2. The number of nitrogens with zero attached hydrogens (tertiary/aromatic N) is 2.